The Morgan fingerprint density at radius 1 is 1.21 bits per heavy atom. The molecule has 0 atom stereocenters. The Morgan fingerprint density at radius 2 is 1.95 bits per heavy atom. The molecule has 0 bridgehead atoms. The van der Waals surface area contributed by atoms with Gasteiger partial charge in [0.15, 0.2) is 0 Å². The largest absolute Gasteiger partial charge is 0.329 e. The Kier molecular flexibility index (Phi) is 4.30. The maximum Gasteiger partial charge on any atom is 0.145 e. The molecule has 0 radical (unpaired) electrons. The van der Waals surface area contributed by atoms with E-state index in [1.54, 1.807) is 0 Å². The van der Waals surface area contributed by atoms with Crippen LogP contribution in [0, 0.1) is 0 Å². The minimum Gasteiger partial charge on any atom is -0.329 e. The molecule has 100 valence electrons. The Bertz CT molecular complexity index is 527. The van der Waals surface area contributed by atoms with Gasteiger partial charge in [-0.1, -0.05) is 25.1 Å². The van der Waals surface area contributed by atoms with Crippen LogP contribution < -0.4 is 16.2 Å². The van der Waals surface area contributed by atoms with E-state index in [1.807, 2.05) is 48.3 Å². The number of benzene rings is 1. The van der Waals surface area contributed by atoms with E-state index < -0.39 is 0 Å². The van der Waals surface area contributed by atoms with Crippen LogP contribution >= 0.6 is 0 Å². The summed E-state index contributed by atoms with van der Waals surface area (Å²) in [5.41, 5.74) is 3.67. The van der Waals surface area contributed by atoms with E-state index in [0.29, 0.717) is 5.82 Å². The molecule has 0 aliphatic heterocycles. The molecular formula is C14H19N5. The van der Waals surface area contributed by atoms with E-state index in [2.05, 4.69) is 22.3 Å². The van der Waals surface area contributed by atoms with Crippen LogP contribution in [0.5, 0.6) is 0 Å². The number of hydrazine groups is 1. The zero-order chi connectivity index (χ0) is 13.7. The van der Waals surface area contributed by atoms with E-state index in [-0.39, 0.29) is 0 Å². The number of nitrogens with zero attached hydrogens (tertiary/aromatic N) is 3. The van der Waals surface area contributed by atoms with Crippen molar-refractivity contribution in [2.75, 3.05) is 17.4 Å². The van der Waals surface area contributed by atoms with Gasteiger partial charge in [-0.05, 0) is 18.6 Å². The number of rotatable bonds is 5. The summed E-state index contributed by atoms with van der Waals surface area (Å²) in [5.74, 6) is 7.73. The molecule has 0 fully saturated rings. The number of hydrogen-bond acceptors (Lipinski definition) is 5. The molecule has 5 nitrogen and oxygen atoms in total. The van der Waals surface area contributed by atoms with Gasteiger partial charge in [-0.3, -0.25) is 0 Å². The molecule has 0 unspecified atom stereocenters. The van der Waals surface area contributed by atoms with Gasteiger partial charge < -0.3 is 10.3 Å². The Hall–Kier alpha value is -2.14. The summed E-state index contributed by atoms with van der Waals surface area (Å²) in [6.07, 6.45) is 1.84. The second kappa shape index (κ2) is 6.15. The van der Waals surface area contributed by atoms with Gasteiger partial charge in [0.25, 0.3) is 0 Å². The number of anilines is 3. The standard InChI is InChI=1S/C14H19N5/c1-3-7-12-16-13(18-15)10-14(17-12)19(2)11-8-5-4-6-9-11/h4-6,8-10H,3,7,15H2,1-2H3,(H,16,17,18). The fourth-order valence-electron chi connectivity index (χ4n) is 1.85. The highest BCUT2D eigenvalue weighted by Gasteiger charge is 2.09. The molecule has 1 heterocycles. The third-order valence-corrected chi connectivity index (χ3v) is 2.87. The molecule has 3 N–H and O–H groups in total. The van der Waals surface area contributed by atoms with Crippen molar-refractivity contribution in [1.29, 1.82) is 0 Å². The molecule has 0 saturated carbocycles. The molecule has 0 amide bonds. The SMILES string of the molecule is CCCc1nc(NN)cc(N(C)c2ccccc2)n1. The van der Waals surface area contributed by atoms with Crippen molar-refractivity contribution in [3.8, 4) is 0 Å². The van der Waals surface area contributed by atoms with Crippen LogP contribution in [-0.4, -0.2) is 17.0 Å². The van der Waals surface area contributed by atoms with Gasteiger partial charge in [0.2, 0.25) is 0 Å². The summed E-state index contributed by atoms with van der Waals surface area (Å²) in [4.78, 5) is 10.9. The van der Waals surface area contributed by atoms with E-state index >= 15 is 0 Å². The molecule has 2 aromatic rings. The van der Waals surface area contributed by atoms with Crippen molar-refractivity contribution < 1.29 is 0 Å². The molecule has 0 aliphatic carbocycles. The molecule has 0 saturated heterocycles. The van der Waals surface area contributed by atoms with Crippen LogP contribution in [0.3, 0.4) is 0 Å². The van der Waals surface area contributed by atoms with Gasteiger partial charge in [-0.2, -0.15) is 0 Å². The van der Waals surface area contributed by atoms with Gasteiger partial charge in [0.1, 0.15) is 17.5 Å². The monoisotopic (exact) mass is 257 g/mol. The van der Waals surface area contributed by atoms with Crippen molar-refractivity contribution >= 4 is 17.3 Å². The van der Waals surface area contributed by atoms with Gasteiger partial charge in [0.05, 0.1) is 0 Å². The topological polar surface area (TPSA) is 67.1 Å². The van der Waals surface area contributed by atoms with Gasteiger partial charge >= 0.3 is 0 Å². The third-order valence-electron chi connectivity index (χ3n) is 2.87. The summed E-state index contributed by atoms with van der Waals surface area (Å²) >= 11 is 0. The molecule has 1 aromatic heterocycles. The lowest BCUT2D eigenvalue weighted by atomic mass is 10.3. The molecule has 1 aromatic carbocycles. The zero-order valence-corrected chi connectivity index (χ0v) is 11.3. The number of aromatic nitrogens is 2. The lowest BCUT2D eigenvalue weighted by molar-refractivity contribution is 0.831. The van der Waals surface area contributed by atoms with Crippen LogP contribution in [0.25, 0.3) is 0 Å². The number of aryl methyl sites for hydroxylation is 1. The summed E-state index contributed by atoms with van der Waals surface area (Å²) in [6.45, 7) is 2.10. The van der Waals surface area contributed by atoms with E-state index in [4.69, 9.17) is 5.84 Å². The Labute approximate surface area is 113 Å². The average Bonchev–Trinajstić information content (AvgIpc) is 2.47. The van der Waals surface area contributed by atoms with Crippen molar-refractivity contribution in [2.45, 2.75) is 19.8 Å². The van der Waals surface area contributed by atoms with Crippen LogP contribution in [0.15, 0.2) is 36.4 Å². The lowest BCUT2D eigenvalue weighted by Gasteiger charge is -2.19. The van der Waals surface area contributed by atoms with Gasteiger partial charge in [-0.25, -0.2) is 15.8 Å². The van der Waals surface area contributed by atoms with E-state index in [0.717, 1.165) is 30.2 Å². The first-order valence-electron chi connectivity index (χ1n) is 6.38. The molecule has 2 rings (SSSR count). The van der Waals surface area contributed by atoms with Gasteiger partial charge in [0, 0.05) is 25.2 Å². The highest BCUT2D eigenvalue weighted by Crippen LogP contribution is 2.23. The first-order chi connectivity index (χ1) is 9.24. The number of nitrogens with two attached hydrogens (primary N) is 1. The predicted octanol–water partition coefficient (Wildman–Crippen LogP) is 2.48. The van der Waals surface area contributed by atoms with Crippen molar-refractivity contribution in [3.05, 3.63) is 42.2 Å². The first kappa shape index (κ1) is 13.3. The quantitative estimate of drug-likeness (QED) is 0.636. The lowest BCUT2D eigenvalue weighted by Crippen LogP contribution is -2.16. The summed E-state index contributed by atoms with van der Waals surface area (Å²) in [7, 11) is 1.98. The molecule has 19 heavy (non-hydrogen) atoms. The average molecular weight is 257 g/mol. The maximum absolute atomic E-state index is 5.46. The maximum atomic E-state index is 5.46. The number of nitrogen functional groups attached to an aromatic ring is 1. The zero-order valence-electron chi connectivity index (χ0n) is 11.3. The minimum atomic E-state index is 0.635. The second-order valence-electron chi connectivity index (χ2n) is 4.32. The Balaban J connectivity index is 2.35. The number of hydrogen-bond donors (Lipinski definition) is 2. The Morgan fingerprint density at radius 3 is 2.58 bits per heavy atom. The summed E-state index contributed by atoms with van der Waals surface area (Å²) in [6, 6.07) is 11.9. The van der Waals surface area contributed by atoms with Crippen LogP contribution in [0.4, 0.5) is 17.3 Å². The first-order valence-corrected chi connectivity index (χ1v) is 6.38. The highest BCUT2D eigenvalue weighted by molar-refractivity contribution is 5.61. The number of nitrogens with one attached hydrogen (secondary N) is 1. The van der Waals surface area contributed by atoms with Gasteiger partial charge in [-0.15, -0.1) is 0 Å². The normalized spacial score (nSPS) is 10.3. The van der Waals surface area contributed by atoms with Crippen molar-refractivity contribution in [3.63, 3.8) is 0 Å². The van der Waals surface area contributed by atoms with E-state index in [1.165, 1.54) is 0 Å². The van der Waals surface area contributed by atoms with Crippen LogP contribution in [0.2, 0.25) is 0 Å². The third kappa shape index (κ3) is 3.20. The van der Waals surface area contributed by atoms with E-state index in [9.17, 15) is 0 Å². The summed E-state index contributed by atoms with van der Waals surface area (Å²) in [5, 5.41) is 0. The highest BCUT2D eigenvalue weighted by atomic mass is 15.3. The van der Waals surface area contributed by atoms with Crippen LogP contribution in [-0.2, 0) is 6.42 Å². The molecule has 0 aliphatic rings. The summed E-state index contributed by atoms with van der Waals surface area (Å²) < 4.78 is 0. The second-order valence-corrected chi connectivity index (χ2v) is 4.32. The van der Waals surface area contributed by atoms with Crippen molar-refractivity contribution in [2.24, 2.45) is 5.84 Å². The smallest absolute Gasteiger partial charge is 0.145 e. The fraction of sp³-hybridized carbons (Fsp3) is 0.286. The fourth-order valence-corrected chi connectivity index (χ4v) is 1.85. The predicted molar refractivity (Wildman–Crippen MR) is 78.3 cm³/mol. The van der Waals surface area contributed by atoms with Crippen LogP contribution in [0.1, 0.15) is 19.2 Å². The minimum absolute atomic E-state index is 0.635. The number of para-hydroxylation sites is 1. The molecule has 5 heteroatoms. The molecule has 0 spiro atoms. The van der Waals surface area contributed by atoms with Crippen molar-refractivity contribution in [1.82, 2.24) is 9.97 Å². The molecular weight excluding hydrogens is 238 g/mol.